The maximum absolute atomic E-state index is 11.6. The van der Waals surface area contributed by atoms with Gasteiger partial charge in [-0.15, -0.1) is 0 Å². The van der Waals surface area contributed by atoms with Crippen LogP contribution in [0, 0.1) is 0 Å². The zero-order valence-electron chi connectivity index (χ0n) is 6.31. The molecule has 0 aliphatic rings. The minimum atomic E-state index is -4.64. The molecule has 0 aromatic heterocycles. The molecule has 2 nitrogen and oxygen atoms in total. The molecular weight excluding hydrogens is 161 g/mol. The van der Waals surface area contributed by atoms with Gasteiger partial charge in [-0.2, -0.15) is 13.2 Å². The summed E-state index contributed by atoms with van der Waals surface area (Å²) in [6.07, 6.45) is -7.78. The van der Waals surface area contributed by atoms with E-state index in [0.717, 1.165) is 0 Å². The average molecular weight is 172 g/mol. The van der Waals surface area contributed by atoms with Crippen molar-refractivity contribution < 1.29 is 23.4 Å². The lowest BCUT2D eigenvalue weighted by Crippen LogP contribution is -2.36. The van der Waals surface area contributed by atoms with Crippen LogP contribution in [0.4, 0.5) is 13.2 Å². The normalized spacial score (nSPS) is 16.6. The number of rotatable bonds is 2. The standard InChI is InChI=1S/C6H11F3O2/c1-5(2,11)3-4(10)6(7,8)9/h4,10-11H,3H2,1-2H3. The molecule has 5 heteroatoms. The second-order valence-electron chi connectivity index (χ2n) is 3.07. The summed E-state index contributed by atoms with van der Waals surface area (Å²) in [5, 5.41) is 17.3. The Bertz CT molecular complexity index is 125. The van der Waals surface area contributed by atoms with E-state index >= 15 is 0 Å². The summed E-state index contributed by atoms with van der Waals surface area (Å²) in [4.78, 5) is 0. The Hall–Kier alpha value is -0.290. The summed E-state index contributed by atoms with van der Waals surface area (Å²) < 4.78 is 34.9. The van der Waals surface area contributed by atoms with Crippen molar-refractivity contribution in [3.63, 3.8) is 0 Å². The van der Waals surface area contributed by atoms with Gasteiger partial charge in [0.2, 0.25) is 0 Å². The number of aliphatic hydroxyl groups is 2. The topological polar surface area (TPSA) is 40.5 Å². The van der Waals surface area contributed by atoms with E-state index in [2.05, 4.69) is 0 Å². The molecule has 2 N–H and O–H groups in total. The Morgan fingerprint density at radius 2 is 1.64 bits per heavy atom. The molecule has 0 aliphatic carbocycles. The van der Waals surface area contributed by atoms with Crippen LogP contribution in [0.2, 0.25) is 0 Å². The van der Waals surface area contributed by atoms with Crippen molar-refractivity contribution in [2.24, 2.45) is 0 Å². The van der Waals surface area contributed by atoms with E-state index in [4.69, 9.17) is 10.2 Å². The largest absolute Gasteiger partial charge is 0.414 e. The third-order valence-corrected chi connectivity index (χ3v) is 1.07. The smallest absolute Gasteiger partial charge is 0.390 e. The molecule has 0 aromatic carbocycles. The third kappa shape index (κ3) is 5.03. The lowest BCUT2D eigenvalue weighted by molar-refractivity contribution is -0.215. The van der Waals surface area contributed by atoms with Crippen molar-refractivity contribution in [1.29, 1.82) is 0 Å². The maximum atomic E-state index is 11.6. The van der Waals surface area contributed by atoms with Crippen LogP contribution in [-0.2, 0) is 0 Å². The van der Waals surface area contributed by atoms with Gasteiger partial charge in [0.1, 0.15) is 0 Å². The number of aliphatic hydroxyl groups excluding tert-OH is 1. The molecular formula is C6H11F3O2. The molecule has 1 unspecified atom stereocenters. The van der Waals surface area contributed by atoms with Crippen LogP contribution in [-0.4, -0.2) is 28.1 Å². The van der Waals surface area contributed by atoms with E-state index in [9.17, 15) is 13.2 Å². The molecule has 0 bridgehead atoms. The molecule has 0 rings (SSSR count). The maximum Gasteiger partial charge on any atom is 0.414 e. The predicted octanol–water partition coefficient (Wildman–Crippen LogP) is 1.07. The molecule has 68 valence electrons. The van der Waals surface area contributed by atoms with E-state index in [1.807, 2.05) is 0 Å². The number of alkyl halides is 3. The molecule has 0 spiro atoms. The molecule has 0 fully saturated rings. The van der Waals surface area contributed by atoms with E-state index in [-0.39, 0.29) is 0 Å². The first kappa shape index (κ1) is 10.7. The molecule has 0 heterocycles. The summed E-state index contributed by atoms with van der Waals surface area (Å²) in [7, 11) is 0. The van der Waals surface area contributed by atoms with Crippen molar-refractivity contribution >= 4 is 0 Å². The monoisotopic (exact) mass is 172 g/mol. The van der Waals surface area contributed by atoms with Gasteiger partial charge in [-0.1, -0.05) is 0 Å². The second-order valence-corrected chi connectivity index (χ2v) is 3.07. The van der Waals surface area contributed by atoms with Gasteiger partial charge < -0.3 is 10.2 Å². The highest BCUT2D eigenvalue weighted by Gasteiger charge is 2.40. The van der Waals surface area contributed by atoms with Crippen LogP contribution in [0.1, 0.15) is 20.3 Å². The van der Waals surface area contributed by atoms with Crippen molar-refractivity contribution in [3.05, 3.63) is 0 Å². The fourth-order valence-electron chi connectivity index (χ4n) is 0.589. The third-order valence-electron chi connectivity index (χ3n) is 1.07. The Morgan fingerprint density at radius 1 is 1.27 bits per heavy atom. The summed E-state index contributed by atoms with van der Waals surface area (Å²) in [6, 6.07) is 0. The molecule has 0 aromatic rings. The minimum absolute atomic E-state index is 0.698. The molecule has 1 atom stereocenters. The fourth-order valence-corrected chi connectivity index (χ4v) is 0.589. The van der Waals surface area contributed by atoms with Crippen molar-refractivity contribution in [1.82, 2.24) is 0 Å². The Kier molecular flexibility index (Phi) is 2.91. The molecule has 11 heavy (non-hydrogen) atoms. The van der Waals surface area contributed by atoms with Crippen molar-refractivity contribution in [2.45, 2.75) is 38.1 Å². The van der Waals surface area contributed by atoms with Gasteiger partial charge in [-0.3, -0.25) is 0 Å². The van der Waals surface area contributed by atoms with Gasteiger partial charge in [0.25, 0.3) is 0 Å². The molecule has 0 aliphatic heterocycles. The van der Waals surface area contributed by atoms with Crippen LogP contribution in [0.3, 0.4) is 0 Å². The highest BCUT2D eigenvalue weighted by atomic mass is 19.4. The number of hydrogen-bond acceptors (Lipinski definition) is 2. The van der Waals surface area contributed by atoms with E-state index in [0.29, 0.717) is 0 Å². The van der Waals surface area contributed by atoms with Gasteiger partial charge in [0.15, 0.2) is 6.10 Å². The lowest BCUT2D eigenvalue weighted by atomic mass is 10.0. The Balaban J connectivity index is 3.99. The van der Waals surface area contributed by atoms with Crippen LogP contribution in [0.15, 0.2) is 0 Å². The quantitative estimate of drug-likeness (QED) is 0.654. The van der Waals surface area contributed by atoms with Gasteiger partial charge >= 0.3 is 6.18 Å². The Labute approximate surface area is 62.6 Å². The summed E-state index contributed by atoms with van der Waals surface area (Å²) in [5.41, 5.74) is -1.49. The first-order valence-corrected chi connectivity index (χ1v) is 3.10. The van der Waals surface area contributed by atoms with Crippen LogP contribution in [0.25, 0.3) is 0 Å². The van der Waals surface area contributed by atoms with Crippen LogP contribution >= 0.6 is 0 Å². The van der Waals surface area contributed by atoms with Crippen molar-refractivity contribution in [2.75, 3.05) is 0 Å². The highest BCUT2D eigenvalue weighted by Crippen LogP contribution is 2.25. The van der Waals surface area contributed by atoms with Gasteiger partial charge in [0, 0.05) is 6.42 Å². The predicted molar refractivity (Wildman–Crippen MR) is 33.0 cm³/mol. The zero-order valence-corrected chi connectivity index (χ0v) is 6.31. The second kappa shape index (κ2) is 2.98. The van der Waals surface area contributed by atoms with Crippen molar-refractivity contribution in [3.8, 4) is 0 Å². The highest BCUT2D eigenvalue weighted by molar-refractivity contribution is 4.75. The molecule has 0 saturated heterocycles. The van der Waals surface area contributed by atoms with Crippen LogP contribution < -0.4 is 0 Å². The van der Waals surface area contributed by atoms with Gasteiger partial charge in [-0.25, -0.2) is 0 Å². The summed E-state index contributed by atoms with van der Waals surface area (Å²) in [6.45, 7) is 2.42. The minimum Gasteiger partial charge on any atom is -0.390 e. The lowest BCUT2D eigenvalue weighted by Gasteiger charge is -2.22. The number of halogens is 3. The van der Waals surface area contributed by atoms with E-state index < -0.39 is 24.3 Å². The van der Waals surface area contributed by atoms with E-state index in [1.165, 1.54) is 13.8 Å². The average Bonchev–Trinajstić information content (AvgIpc) is 1.56. The van der Waals surface area contributed by atoms with Gasteiger partial charge in [-0.05, 0) is 13.8 Å². The zero-order chi connectivity index (χ0) is 9.28. The first-order valence-electron chi connectivity index (χ1n) is 3.10. The molecule has 0 radical (unpaired) electrons. The van der Waals surface area contributed by atoms with Crippen LogP contribution in [0.5, 0.6) is 0 Å². The van der Waals surface area contributed by atoms with Gasteiger partial charge in [0.05, 0.1) is 5.60 Å². The molecule has 0 saturated carbocycles. The van der Waals surface area contributed by atoms with E-state index in [1.54, 1.807) is 0 Å². The fraction of sp³-hybridized carbons (Fsp3) is 1.00. The summed E-state index contributed by atoms with van der Waals surface area (Å²) >= 11 is 0. The first-order chi connectivity index (χ1) is 4.63. The number of hydrogen-bond donors (Lipinski definition) is 2. The molecule has 0 amide bonds. The summed E-state index contributed by atoms with van der Waals surface area (Å²) in [5.74, 6) is 0. The Morgan fingerprint density at radius 3 is 1.73 bits per heavy atom. The SMILES string of the molecule is CC(C)(O)CC(O)C(F)(F)F.